The van der Waals surface area contributed by atoms with E-state index in [4.69, 9.17) is 0 Å². The molecule has 0 saturated heterocycles. The van der Waals surface area contributed by atoms with Gasteiger partial charge in [0.2, 0.25) is 5.82 Å². The van der Waals surface area contributed by atoms with Crippen molar-refractivity contribution in [3.05, 3.63) is 21.6 Å². The van der Waals surface area contributed by atoms with Crippen LogP contribution in [0, 0.1) is 17.0 Å². The molecule has 0 unspecified atom stereocenters. The molecule has 0 fully saturated rings. The highest BCUT2D eigenvalue weighted by Crippen LogP contribution is 2.36. The maximum absolute atomic E-state index is 12.6. The first-order valence-electron chi connectivity index (χ1n) is 5.36. The van der Waals surface area contributed by atoms with Crippen LogP contribution in [0.2, 0.25) is 0 Å². The van der Waals surface area contributed by atoms with E-state index in [1.165, 1.54) is 25.7 Å². The van der Waals surface area contributed by atoms with Crippen molar-refractivity contribution in [1.29, 1.82) is 0 Å². The summed E-state index contributed by atoms with van der Waals surface area (Å²) in [5, 5.41) is 22.3. The molecule has 2 heterocycles. The SMILES string of the molecule is Cc1nn(C)c(Sc2nnc(C(F)F)n2C)c1[N+](=O)[O-]. The average Bonchev–Trinajstić information content (AvgIpc) is 2.81. The van der Waals surface area contributed by atoms with Gasteiger partial charge in [-0.05, 0) is 18.7 Å². The zero-order valence-corrected chi connectivity index (χ0v) is 11.6. The summed E-state index contributed by atoms with van der Waals surface area (Å²) in [6, 6.07) is 0. The van der Waals surface area contributed by atoms with E-state index in [-0.39, 0.29) is 21.6 Å². The van der Waals surface area contributed by atoms with Crippen LogP contribution in [-0.2, 0) is 14.1 Å². The molecule has 2 rings (SSSR count). The zero-order chi connectivity index (χ0) is 15.0. The van der Waals surface area contributed by atoms with E-state index >= 15 is 0 Å². The molecule has 0 radical (unpaired) electrons. The molecule has 2 aromatic rings. The fourth-order valence-electron chi connectivity index (χ4n) is 1.64. The summed E-state index contributed by atoms with van der Waals surface area (Å²) in [7, 11) is 2.91. The lowest BCUT2D eigenvalue weighted by molar-refractivity contribution is -0.388. The van der Waals surface area contributed by atoms with Crippen molar-refractivity contribution >= 4 is 17.4 Å². The maximum atomic E-state index is 12.6. The molecule has 108 valence electrons. The number of aromatic nitrogens is 5. The summed E-state index contributed by atoms with van der Waals surface area (Å²) in [4.78, 5) is 10.5. The summed E-state index contributed by atoms with van der Waals surface area (Å²) >= 11 is 0.870. The molecule has 0 N–H and O–H groups in total. The molecule has 0 atom stereocenters. The van der Waals surface area contributed by atoms with Gasteiger partial charge in [-0.1, -0.05) is 0 Å². The number of hydrogen-bond acceptors (Lipinski definition) is 6. The monoisotopic (exact) mass is 304 g/mol. The fraction of sp³-hybridized carbons (Fsp3) is 0.444. The van der Waals surface area contributed by atoms with Crippen molar-refractivity contribution in [2.24, 2.45) is 14.1 Å². The molecule has 8 nitrogen and oxygen atoms in total. The minimum Gasteiger partial charge on any atom is -0.304 e. The van der Waals surface area contributed by atoms with Crippen molar-refractivity contribution in [1.82, 2.24) is 24.5 Å². The Kier molecular flexibility index (Phi) is 3.70. The van der Waals surface area contributed by atoms with Gasteiger partial charge >= 0.3 is 5.69 Å². The molecule has 0 bridgehead atoms. The Morgan fingerprint density at radius 3 is 2.50 bits per heavy atom. The van der Waals surface area contributed by atoms with Gasteiger partial charge in [-0.25, -0.2) is 8.78 Å². The smallest absolute Gasteiger partial charge is 0.304 e. The van der Waals surface area contributed by atoms with Gasteiger partial charge in [-0.15, -0.1) is 10.2 Å². The predicted molar refractivity (Wildman–Crippen MR) is 64.7 cm³/mol. The molecule has 11 heteroatoms. The summed E-state index contributed by atoms with van der Waals surface area (Å²) in [6.45, 7) is 1.50. The first-order chi connectivity index (χ1) is 9.32. The molecule has 0 saturated carbocycles. The largest absolute Gasteiger partial charge is 0.324 e. The number of alkyl halides is 2. The normalized spacial score (nSPS) is 11.3. The van der Waals surface area contributed by atoms with Gasteiger partial charge in [0.25, 0.3) is 6.43 Å². The Bertz CT molecular complexity index is 668. The van der Waals surface area contributed by atoms with E-state index in [1.807, 2.05) is 0 Å². The first kappa shape index (κ1) is 14.4. The summed E-state index contributed by atoms with van der Waals surface area (Å²) < 4.78 is 27.6. The molecule has 20 heavy (non-hydrogen) atoms. The van der Waals surface area contributed by atoms with E-state index < -0.39 is 17.2 Å². The zero-order valence-electron chi connectivity index (χ0n) is 10.7. The first-order valence-corrected chi connectivity index (χ1v) is 6.17. The van der Waals surface area contributed by atoms with Gasteiger partial charge in [0.1, 0.15) is 5.69 Å². The molecule has 0 aromatic carbocycles. The molecule has 2 aromatic heterocycles. The number of aryl methyl sites for hydroxylation is 2. The summed E-state index contributed by atoms with van der Waals surface area (Å²) in [6.07, 6.45) is -2.76. The van der Waals surface area contributed by atoms with Crippen LogP contribution >= 0.6 is 11.8 Å². The number of rotatable bonds is 4. The van der Waals surface area contributed by atoms with Gasteiger partial charge in [-0.3, -0.25) is 14.8 Å². The number of nitro groups is 1. The van der Waals surface area contributed by atoms with Gasteiger partial charge in [-0.2, -0.15) is 5.10 Å². The van der Waals surface area contributed by atoms with Gasteiger partial charge in [0, 0.05) is 14.1 Å². The third-order valence-corrected chi connectivity index (χ3v) is 3.76. The van der Waals surface area contributed by atoms with Crippen LogP contribution in [0.1, 0.15) is 17.9 Å². The number of hydrogen-bond donors (Lipinski definition) is 0. The second-order valence-electron chi connectivity index (χ2n) is 3.92. The van der Waals surface area contributed by atoms with Gasteiger partial charge < -0.3 is 4.57 Å². The van der Waals surface area contributed by atoms with E-state index in [9.17, 15) is 18.9 Å². The molecular formula is C9H10F2N6O2S. The third-order valence-electron chi connectivity index (χ3n) is 2.57. The third kappa shape index (κ3) is 2.35. The van der Waals surface area contributed by atoms with E-state index in [1.54, 1.807) is 0 Å². The van der Waals surface area contributed by atoms with Crippen molar-refractivity contribution in [2.45, 2.75) is 23.5 Å². The molecule has 0 aliphatic heterocycles. The van der Waals surface area contributed by atoms with Crippen LogP contribution < -0.4 is 0 Å². The molecule has 0 aliphatic rings. The van der Waals surface area contributed by atoms with Crippen LogP contribution in [0.5, 0.6) is 0 Å². The minimum absolute atomic E-state index is 0.131. The van der Waals surface area contributed by atoms with Crippen molar-refractivity contribution in [2.75, 3.05) is 0 Å². The number of halogens is 2. The van der Waals surface area contributed by atoms with Crippen molar-refractivity contribution < 1.29 is 13.7 Å². The molecule has 0 aliphatic carbocycles. The van der Waals surface area contributed by atoms with E-state index in [0.29, 0.717) is 0 Å². The number of nitrogens with zero attached hydrogens (tertiary/aromatic N) is 6. The topological polar surface area (TPSA) is 91.7 Å². The Balaban J connectivity index is 2.43. The Labute approximate surface area is 115 Å². The van der Waals surface area contributed by atoms with Crippen LogP contribution in [0.15, 0.2) is 10.2 Å². The van der Waals surface area contributed by atoms with E-state index in [0.717, 1.165) is 16.3 Å². The second kappa shape index (κ2) is 5.15. The highest BCUT2D eigenvalue weighted by atomic mass is 32.2. The Morgan fingerprint density at radius 1 is 1.35 bits per heavy atom. The Hall–Kier alpha value is -2.04. The van der Waals surface area contributed by atoms with Gasteiger partial charge in [0.05, 0.1) is 4.92 Å². The Morgan fingerprint density at radius 2 is 2.00 bits per heavy atom. The van der Waals surface area contributed by atoms with Crippen molar-refractivity contribution in [3.63, 3.8) is 0 Å². The van der Waals surface area contributed by atoms with Gasteiger partial charge in [0.15, 0.2) is 10.2 Å². The summed E-state index contributed by atoms with van der Waals surface area (Å²) in [5.74, 6) is -0.492. The standard InChI is InChI=1S/C9H10F2N6O2S/c1-4-5(17(18)19)8(16(3)14-4)20-9-13-12-7(6(10)11)15(9)2/h6H,1-3H3. The highest BCUT2D eigenvalue weighted by molar-refractivity contribution is 7.99. The fourth-order valence-corrected chi connectivity index (χ4v) is 2.62. The lowest BCUT2D eigenvalue weighted by atomic mass is 10.4. The molecular weight excluding hydrogens is 294 g/mol. The minimum atomic E-state index is -2.76. The van der Waals surface area contributed by atoms with Crippen LogP contribution in [0.4, 0.5) is 14.5 Å². The highest BCUT2D eigenvalue weighted by Gasteiger charge is 2.27. The maximum Gasteiger partial charge on any atom is 0.324 e. The lowest BCUT2D eigenvalue weighted by Crippen LogP contribution is -2.00. The second-order valence-corrected chi connectivity index (χ2v) is 4.88. The molecule has 0 amide bonds. The van der Waals surface area contributed by atoms with Crippen molar-refractivity contribution in [3.8, 4) is 0 Å². The van der Waals surface area contributed by atoms with Crippen LogP contribution in [-0.4, -0.2) is 29.5 Å². The van der Waals surface area contributed by atoms with Crippen LogP contribution in [0.25, 0.3) is 0 Å². The predicted octanol–water partition coefficient (Wildman–Crippen LogP) is 1.85. The average molecular weight is 304 g/mol. The quantitative estimate of drug-likeness (QED) is 0.632. The van der Waals surface area contributed by atoms with Crippen LogP contribution in [0.3, 0.4) is 0 Å². The summed E-state index contributed by atoms with van der Waals surface area (Å²) in [5.41, 5.74) is 0.0790. The molecule has 0 spiro atoms. The van der Waals surface area contributed by atoms with E-state index in [2.05, 4.69) is 15.3 Å². The lowest BCUT2D eigenvalue weighted by Gasteiger charge is -2.02.